The Labute approximate surface area is 87.8 Å². The average Bonchev–Trinajstić information content (AvgIpc) is 2.03. The first-order valence-electron chi connectivity index (χ1n) is 3.81. The molecule has 0 aliphatic heterocycles. The Morgan fingerprint density at radius 2 is 2.00 bits per heavy atom. The first kappa shape index (κ1) is 13.3. The van der Waals surface area contributed by atoms with Gasteiger partial charge in [-0.2, -0.15) is 17.4 Å². The average molecular weight is 275 g/mol. The summed E-state index contributed by atoms with van der Waals surface area (Å²) in [6, 6.07) is 0. The summed E-state index contributed by atoms with van der Waals surface area (Å²) in [5.74, 6) is 0. The van der Waals surface area contributed by atoms with Crippen LogP contribution < -0.4 is 4.72 Å². The van der Waals surface area contributed by atoms with Gasteiger partial charge in [0.1, 0.15) is 0 Å². The molecule has 0 spiro atoms. The lowest BCUT2D eigenvalue weighted by Gasteiger charge is -2.11. The van der Waals surface area contributed by atoms with E-state index in [1.807, 2.05) is 0 Å². The van der Waals surface area contributed by atoms with Crippen LogP contribution in [-0.4, -0.2) is 51.9 Å². The maximum absolute atomic E-state index is 11.1. The first-order chi connectivity index (χ1) is 6.00. The first-order valence-corrected chi connectivity index (χ1v) is 6.37. The van der Waals surface area contributed by atoms with Crippen molar-refractivity contribution in [2.45, 2.75) is 0 Å². The van der Waals surface area contributed by atoms with Crippen molar-refractivity contribution in [3.8, 4) is 0 Å². The van der Waals surface area contributed by atoms with Gasteiger partial charge in [0.05, 0.1) is 13.2 Å². The van der Waals surface area contributed by atoms with Crippen LogP contribution in [0.15, 0.2) is 0 Å². The molecular formula is C6H15BrN2O3S. The fraction of sp³-hybridized carbons (Fsp3) is 1.00. The van der Waals surface area contributed by atoms with Gasteiger partial charge in [-0.25, -0.2) is 0 Å². The van der Waals surface area contributed by atoms with E-state index >= 15 is 0 Å². The van der Waals surface area contributed by atoms with Gasteiger partial charge < -0.3 is 4.74 Å². The van der Waals surface area contributed by atoms with Gasteiger partial charge in [0.15, 0.2) is 0 Å². The lowest BCUT2D eigenvalue weighted by Crippen LogP contribution is -2.37. The second-order valence-corrected chi connectivity index (χ2v) is 5.25. The third kappa shape index (κ3) is 6.39. The van der Waals surface area contributed by atoms with Crippen molar-refractivity contribution < 1.29 is 13.2 Å². The fourth-order valence-electron chi connectivity index (χ4n) is 0.529. The van der Waals surface area contributed by atoms with Crippen LogP contribution in [-0.2, 0) is 14.9 Å². The Balaban J connectivity index is 3.53. The zero-order valence-electron chi connectivity index (χ0n) is 7.79. The van der Waals surface area contributed by atoms with Gasteiger partial charge in [-0.3, -0.25) is 0 Å². The molecule has 0 bridgehead atoms. The minimum Gasteiger partial charge on any atom is -0.379 e. The van der Waals surface area contributed by atoms with E-state index in [1.54, 1.807) is 0 Å². The molecule has 0 unspecified atom stereocenters. The molecule has 0 aliphatic rings. The van der Waals surface area contributed by atoms with Crippen molar-refractivity contribution in [3.05, 3.63) is 0 Å². The number of alkyl halides is 1. The van der Waals surface area contributed by atoms with Crippen LogP contribution in [0.4, 0.5) is 0 Å². The number of nitrogens with one attached hydrogen (secondary N) is 1. The molecule has 0 aromatic carbocycles. The van der Waals surface area contributed by atoms with Crippen molar-refractivity contribution in [1.29, 1.82) is 0 Å². The molecule has 5 nitrogen and oxygen atoms in total. The van der Waals surface area contributed by atoms with Crippen LogP contribution in [0.1, 0.15) is 0 Å². The number of ether oxygens (including phenoxy) is 1. The molecule has 0 aromatic rings. The van der Waals surface area contributed by atoms with Gasteiger partial charge in [-0.05, 0) is 0 Å². The van der Waals surface area contributed by atoms with Gasteiger partial charge in [-0.1, -0.05) is 15.9 Å². The Kier molecular flexibility index (Phi) is 6.88. The van der Waals surface area contributed by atoms with E-state index in [-0.39, 0.29) is 0 Å². The molecule has 0 saturated carbocycles. The third-order valence-corrected chi connectivity index (χ3v) is 3.09. The highest BCUT2D eigenvalue weighted by molar-refractivity contribution is 9.09. The van der Waals surface area contributed by atoms with Gasteiger partial charge in [0.25, 0.3) is 10.2 Å². The summed E-state index contributed by atoms with van der Waals surface area (Å²) in [5, 5.41) is 0.757. The predicted octanol–water partition coefficient (Wildman–Crippen LogP) is -0.206. The predicted molar refractivity (Wildman–Crippen MR) is 55.2 cm³/mol. The Hall–Kier alpha value is 0.310. The number of hydrogen-bond donors (Lipinski definition) is 1. The summed E-state index contributed by atoms with van der Waals surface area (Å²) < 4.78 is 30.8. The number of nitrogens with zero attached hydrogens (tertiary/aromatic N) is 1. The molecule has 0 radical (unpaired) electrons. The molecule has 0 aromatic heterocycles. The smallest absolute Gasteiger partial charge is 0.279 e. The van der Waals surface area contributed by atoms with Crippen molar-refractivity contribution in [2.75, 3.05) is 39.2 Å². The second kappa shape index (κ2) is 6.72. The van der Waals surface area contributed by atoms with Crippen LogP contribution in [0, 0.1) is 0 Å². The van der Waals surface area contributed by atoms with Gasteiger partial charge in [-0.15, -0.1) is 0 Å². The molecule has 0 atom stereocenters. The highest BCUT2D eigenvalue weighted by Crippen LogP contribution is 1.87. The summed E-state index contributed by atoms with van der Waals surface area (Å²) >= 11 is 3.19. The molecule has 1 N–H and O–H groups in total. The largest absolute Gasteiger partial charge is 0.379 e. The van der Waals surface area contributed by atoms with E-state index in [9.17, 15) is 8.42 Å². The molecule has 0 heterocycles. The van der Waals surface area contributed by atoms with E-state index < -0.39 is 10.2 Å². The summed E-state index contributed by atoms with van der Waals surface area (Å²) in [5.41, 5.74) is 0. The summed E-state index contributed by atoms with van der Waals surface area (Å²) in [6.07, 6.45) is 0. The van der Waals surface area contributed by atoms with Gasteiger partial charge in [0.2, 0.25) is 0 Å². The quantitative estimate of drug-likeness (QED) is 0.517. The summed E-state index contributed by atoms with van der Waals surface area (Å²) in [4.78, 5) is 0. The van der Waals surface area contributed by atoms with Crippen LogP contribution in [0.5, 0.6) is 0 Å². The molecule has 0 fully saturated rings. The lowest BCUT2D eigenvalue weighted by atomic mass is 10.7. The number of halogens is 1. The molecule has 13 heavy (non-hydrogen) atoms. The normalized spacial score (nSPS) is 12.3. The number of rotatable bonds is 7. The minimum absolute atomic E-state index is 0.299. The molecule has 80 valence electrons. The third-order valence-electron chi connectivity index (χ3n) is 1.23. The van der Waals surface area contributed by atoms with Crippen molar-refractivity contribution in [1.82, 2.24) is 9.03 Å². The van der Waals surface area contributed by atoms with E-state index in [2.05, 4.69) is 20.7 Å². The van der Waals surface area contributed by atoms with E-state index in [4.69, 9.17) is 4.74 Å². The zero-order chi connectivity index (χ0) is 10.3. The monoisotopic (exact) mass is 274 g/mol. The Bertz CT molecular complexity index is 218. The van der Waals surface area contributed by atoms with Crippen molar-refractivity contribution in [3.63, 3.8) is 0 Å². The topological polar surface area (TPSA) is 58.6 Å². The number of hydrogen-bond acceptors (Lipinski definition) is 3. The van der Waals surface area contributed by atoms with Crippen LogP contribution in [0.3, 0.4) is 0 Å². The molecule has 0 rings (SSSR count). The SMILES string of the molecule is CN(C)S(=O)(=O)NCCOCCBr. The van der Waals surface area contributed by atoms with Crippen molar-refractivity contribution >= 4 is 26.1 Å². The molecule has 0 saturated heterocycles. The van der Waals surface area contributed by atoms with E-state index in [0.29, 0.717) is 19.8 Å². The van der Waals surface area contributed by atoms with Crippen LogP contribution in [0.2, 0.25) is 0 Å². The Morgan fingerprint density at radius 3 is 2.46 bits per heavy atom. The maximum atomic E-state index is 11.1. The highest BCUT2D eigenvalue weighted by Gasteiger charge is 2.10. The van der Waals surface area contributed by atoms with Gasteiger partial charge in [0, 0.05) is 26.0 Å². The van der Waals surface area contributed by atoms with Crippen LogP contribution >= 0.6 is 15.9 Å². The minimum atomic E-state index is -3.29. The van der Waals surface area contributed by atoms with E-state index in [0.717, 1.165) is 9.64 Å². The maximum Gasteiger partial charge on any atom is 0.279 e. The Morgan fingerprint density at radius 1 is 1.38 bits per heavy atom. The molecule has 7 heteroatoms. The van der Waals surface area contributed by atoms with Gasteiger partial charge >= 0.3 is 0 Å². The summed E-state index contributed by atoms with van der Waals surface area (Å²) in [7, 11) is -0.346. The summed E-state index contributed by atoms with van der Waals surface area (Å²) in [6.45, 7) is 1.27. The molecule has 0 aliphatic carbocycles. The molecular weight excluding hydrogens is 260 g/mol. The van der Waals surface area contributed by atoms with Crippen molar-refractivity contribution in [2.24, 2.45) is 0 Å². The zero-order valence-corrected chi connectivity index (χ0v) is 10.2. The highest BCUT2D eigenvalue weighted by atomic mass is 79.9. The van der Waals surface area contributed by atoms with E-state index in [1.165, 1.54) is 14.1 Å². The fourth-order valence-corrected chi connectivity index (χ4v) is 1.36. The second-order valence-electron chi connectivity index (χ2n) is 2.48. The lowest BCUT2D eigenvalue weighted by molar-refractivity contribution is 0.156. The molecule has 0 amide bonds. The standard InChI is InChI=1S/C6H15BrN2O3S/c1-9(2)13(10,11)8-4-6-12-5-3-7/h8H,3-6H2,1-2H3. The van der Waals surface area contributed by atoms with Crippen LogP contribution in [0.25, 0.3) is 0 Å².